The molecule has 22 heavy (non-hydrogen) atoms. The van der Waals surface area contributed by atoms with Crippen molar-refractivity contribution in [2.75, 3.05) is 0 Å². The van der Waals surface area contributed by atoms with Gasteiger partial charge in [0.15, 0.2) is 0 Å². The molecule has 0 aliphatic heterocycles. The van der Waals surface area contributed by atoms with Gasteiger partial charge >= 0.3 is 0 Å². The van der Waals surface area contributed by atoms with Crippen LogP contribution in [0.3, 0.4) is 0 Å². The molecule has 5 nitrogen and oxygen atoms in total. The van der Waals surface area contributed by atoms with Gasteiger partial charge in [-0.25, -0.2) is 12.8 Å². The van der Waals surface area contributed by atoms with Crippen LogP contribution in [0.5, 0.6) is 0 Å². The van der Waals surface area contributed by atoms with E-state index in [0.717, 1.165) is 0 Å². The summed E-state index contributed by atoms with van der Waals surface area (Å²) in [5, 5.41) is 10.7. The summed E-state index contributed by atoms with van der Waals surface area (Å²) in [7, 11) is -3.85. The number of H-pyrrole nitrogens is 1. The van der Waals surface area contributed by atoms with Crippen molar-refractivity contribution < 1.29 is 17.9 Å². The molecule has 0 spiro atoms. The average molecular weight is 320 g/mol. The standard InChI is InChI=1S/C15H13FN2O3S/c16-10-6-7-12-13(9-17-14(12)8-10)15(19)18-22(20,21)11-4-2-1-3-5-11/h1-9,15,17-19H. The molecule has 0 bridgehead atoms. The van der Waals surface area contributed by atoms with Crippen molar-refractivity contribution in [3.63, 3.8) is 0 Å². The Balaban J connectivity index is 1.92. The molecular weight excluding hydrogens is 307 g/mol. The number of aromatic amines is 1. The first-order chi connectivity index (χ1) is 10.5. The number of hydrogen-bond donors (Lipinski definition) is 3. The lowest BCUT2D eigenvalue weighted by atomic mass is 10.1. The molecule has 0 aliphatic carbocycles. The lowest BCUT2D eigenvalue weighted by molar-refractivity contribution is 0.168. The average Bonchev–Trinajstić information content (AvgIpc) is 2.90. The Morgan fingerprint density at radius 3 is 2.59 bits per heavy atom. The van der Waals surface area contributed by atoms with E-state index in [1.54, 1.807) is 18.2 Å². The van der Waals surface area contributed by atoms with Crippen LogP contribution < -0.4 is 4.72 Å². The summed E-state index contributed by atoms with van der Waals surface area (Å²) in [6, 6.07) is 11.7. The van der Waals surface area contributed by atoms with Crippen molar-refractivity contribution in [3.05, 3.63) is 66.1 Å². The predicted octanol–water partition coefficient (Wildman–Crippen LogP) is 2.28. The van der Waals surface area contributed by atoms with E-state index in [2.05, 4.69) is 9.71 Å². The van der Waals surface area contributed by atoms with Gasteiger partial charge < -0.3 is 10.1 Å². The van der Waals surface area contributed by atoms with Crippen LogP contribution >= 0.6 is 0 Å². The summed E-state index contributed by atoms with van der Waals surface area (Å²) >= 11 is 0. The van der Waals surface area contributed by atoms with Gasteiger partial charge in [0.1, 0.15) is 12.0 Å². The van der Waals surface area contributed by atoms with Crippen LogP contribution in [0.1, 0.15) is 11.8 Å². The molecule has 0 saturated heterocycles. The minimum Gasteiger partial charge on any atom is -0.373 e. The molecule has 1 atom stereocenters. The van der Waals surface area contributed by atoms with Gasteiger partial charge in [-0.15, -0.1) is 0 Å². The summed E-state index contributed by atoms with van der Waals surface area (Å²) in [5.74, 6) is -0.416. The second-order valence-corrected chi connectivity index (χ2v) is 6.48. The van der Waals surface area contributed by atoms with Gasteiger partial charge in [0.2, 0.25) is 10.0 Å². The monoisotopic (exact) mass is 320 g/mol. The van der Waals surface area contributed by atoms with Crippen LogP contribution in [0, 0.1) is 5.82 Å². The zero-order valence-corrected chi connectivity index (χ0v) is 12.1. The second-order valence-electron chi connectivity index (χ2n) is 4.77. The highest BCUT2D eigenvalue weighted by Crippen LogP contribution is 2.24. The maximum atomic E-state index is 13.1. The second kappa shape index (κ2) is 5.53. The molecule has 3 N–H and O–H groups in total. The maximum Gasteiger partial charge on any atom is 0.242 e. The third-order valence-corrected chi connectivity index (χ3v) is 4.72. The molecule has 0 amide bonds. The molecule has 0 fully saturated rings. The summed E-state index contributed by atoms with van der Waals surface area (Å²) in [5.41, 5.74) is 0.808. The molecule has 1 aromatic heterocycles. The van der Waals surface area contributed by atoms with E-state index in [0.29, 0.717) is 16.5 Å². The fourth-order valence-corrected chi connectivity index (χ4v) is 3.30. The van der Waals surface area contributed by atoms with Crippen LogP contribution in [0.25, 0.3) is 10.9 Å². The molecule has 1 unspecified atom stereocenters. The number of halogens is 1. The van der Waals surface area contributed by atoms with E-state index in [1.807, 2.05) is 0 Å². The van der Waals surface area contributed by atoms with Crippen molar-refractivity contribution in [2.24, 2.45) is 0 Å². The SMILES string of the molecule is O=S(=O)(NC(O)c1c[nH]c2cc(F)ccc12)c1ccccc1. The smallest absolute Gasteiger partial charge is 0.242 e. The molecular formula is C15H13FN2O3S. The Morgan fingerprint density at radius 2 is 1.86 bits per heavy atom. The Labute approximate surface area is 126 Å². The number of aliphatic hydroxyl groups is 1. The largest absolute Gasteiger partial charge is 0.373 e. The predicted molar refractivity (Wildman–Crippen MR) is 80.0 cm³/mol. The number of sulfonamides is 1. The normalized spacial score (nSPS) is 13.4. The third kappa shape index (κ3) is 2.74. The van der Waals surface area contributed by atoms with E-state index in [4.69, 9.17) is 0 Å². The van der Waals surface area contributed by atoms with Crippen molar-refractivity contribution >= 4 is 20.9 Å². The van der Waals surface area contributed by atoms with E-state index in [1.165, 1.54) is 36.5 Å². The highest BCUT2D eigenvalue weighted by Gasteiger charge is 2.21. The number of benzene rings is 2. The van der Waals surface area contributed by atoms with E-state index < -0.39 is 22.1 Å². The van der Waals surface area contributed by atoms with Crippen LogP contribution in [0.2, 0.25) is 0 Å². The maximum absolute atomic E-state index is 13.1. The molecule has 0 saturated carbocycles. The molecule has 114 valence electrons. The summed E-state index contributed by atoms with van der Waals surface area (Å²) in [6.07, 6.45) is 0.00636. The highest BCUT2D eigenvalue weighted by molar-refractivity contribution is 7.89. The molecule has 3 aromatic rings. The Bertz CT molecular complexity index is 907. The van der Waals surface area contributed by atoms with Gasteiger partial charge in [0.25, 0.3) is 0 Å². The van der Waals surface area contributed by atoms with Crippen molar-refractivity contribution in [1.82, 2.24) is 9.71 Å². The number of aromatic nitrogens is 1. The van der Waals surface area contributed by atoms with Gasteiger partial charge in [-0.3, -0.25) is 0 Å². The zero-order chi connectivity index (χ0) is 15.7. The molecule has 7 heteroatoms. The molecule has 2 aromatic carbocycles. The van der Waals surface area contributed by atoms with Gasteiger partial charge in [0.05, 0.1) is 4.90 Å². The first-order valence-electron chi connectivity index (χ1n) is 6.49. The molecule has 0 radical (unpaired) electrons. The van der Waals surface area contributed by atoms with Crippen LogP contribution in [-0.4, -0.2) is 18.5 Å². The first kappa shape index (κ1) is 14.7. The number of aliphatic hydroxyl groups excluding tert-OH is 1. The topological polar surface area (TPSA) is 82.2 Å². The fourth-order valence-electron chi connectivity index (χ4n) is 2.23. The van der Waals surface area contributed by atoms with Crippen molar-refractivity contribution in [3.8, 4) is 0 Å². The Morgan fingerprint density at radius 1 is 1.14 bits per heavy atom. The van der Waals surface area contributed by atoms with Gasteiger partial charge in [-0.05, 0) is 30.3 Å². The fraction of sp³-hybridized carbons (Fsp3) is 0.0667. The third-order valence-electron chi connectivity index (χ3n) is 3.29. The lowest BCUT2D eigenvalue weighted by Crippen LogP contribution is -2.28. The lowest BCUT2D eigenvalue weighted by Gasteiger charge is -2.12. The number of rotatable bonds is 4. The summed E-state index contributed by atoms with van der Waals surface area (Å²) in [4.78, 5) is 2.86. The van der Waals surface area contributed by atoms with Crippen LogP contribution in [-0.2, 0) is 10.0 Å². The van der Waals surface area contributed by atoms with E-state index in [-0.39, 0.29) is 4.90 Å². The van der Waals surface area contributed by atoms with Gasteiger partial charge in [0, 0.05) is 22.7 Å². The zero-order valence-electron chi connectivity index (χ0n) is 11.3. The van der Waals surface area contributed by atoms with Gasteiger partial charge in [-0.1, -0.05) is 18.2 Å². The summed E-state index contributed by atoms with van der Waals surface area (Å²) in [6.45, 7) is 0. The molecule has 1 heterocycles. The van der Waals surface area contributed by atoms with Crippen LogP contribution in [0.15, 0.2) is 59.6 Å². The van der Waals surface area contributed by atoms with Gasteiger partial charge in [-0.2, -0.15) is 4.72 Å². The minimum atomic E-state index is -3.85. The summed E-state index contributed by atoms with van der Waals surface area (Å²) < 4.78 is 39.7. The van der Waals surface area contributed by atoms with Crippen LogP contribution in [0.4, 0.5) is 4.39 Å². The highest BCUT2D eigenvalue weighted by atomic mass is 32.2. The molecule has 3 rings (SSSR count). The van der Waals surface area contributed by atoms with Crippen molar-refractivity contribution in [2.45, 2.75) is 11.1 Å². The number of hydrogen-bond acceptors (Lipinski definition) is 3. The van der Waals surface area contributed by atoms with E-state index >= 15 is 0 Å². The number of fused-ring (bicyclic) bond motifs is 1. The quantitative estimate of drug-likeness (QED) is 0.645. The molecule has 0 aliphatic rings. The first-order valence-corrected chi connectivity index (χ1v) is 7.98. The minimum absolute atomic E-state index is 0.0555. The van der Waals surface area contributed by atoms with E-state index in [9.17, 15) is 17.9 Å². The number of nitrogens with one attached hydrogen (secondary N) is 2. The Kier molecular flexibility index (Phi) is 3.69. The van der Waals surface area contributed by atoms with Crippen molar-refractivity contribution in [1.29, 1.82) is 0 Å². The Hall–Kier alpha value is -2.22.